The number of carbonyl (C=O) groups is 2. The summed E-state index contributed by atoms with van der Waals surface area (Å²) in [6.07, 6.45) is 4.06. The molecular formula is C18H26N2O2. The van der Waals surface area contributed by atoms with Crippen LogP contribution >= 0.6 is 0 Å². The van der Waals surface area contributed by atoms with E-state index in [0.29, 0.717) is 6.42 Å². The molecule has 1 fully saturated rings. The van der Waals surface area contributed by atoms with Gasteiger partial charge in [-0.3, -0.25) is 9.59 Å². The Hall–Kier alpha value is -1.84. The van der Waals surface area contributed by atoms with Gasteiger partial charge in [0.2, 0.25) is 11.8 Å². The zero-order chi connectivity index (χ0) is 15.9. The van der Waals surface area contributed by atoms with Gasteiger partial charge in [-0.2, -0.15) is 0 Å². The minimum absolute atomic E-state index is 0.112. The van der Waals surface area contributed by atoms with Crippen LogP contribution in [0.4, 0.5) is 0 Å². The van der Waals surface area contributed by atoms with Gasteiger partial charge in [-0.25, -0.2) is 0 Å². The van der Waals surface area contributed by atoms with Gasteiger partial charge in [0.1, 0.15) is 0 Å². The van der Waals surface area contributed by atoms with Gasteiger partial charge in [0, 0.05) is 32.5 Å². The van der Waals surface area contributed by atoms with Crippen molar-refractivity contribution in [1.82, 2.24) is 10.2 Å². The van der Waals surface area contributed by atoms with E-state index in [0.717, 1.165) is 38.8 Å². The zero-order valence-electron chi connectivity index (χ0n) is 13.6. The third-order valence-corrected chi connectivity index (χ3v) is 4.38. The highest BCUT2D eigenvalue weighted by atomic mass is 16.2. The first-order chi connectivity index (χ1) is 10.6. The Labute approximate surface area is 132 Å². The van der Waals surface area contributed by atoms with Crippen LogP contribution in [-0.4, -0.2) is 35.8 Å². The maximum Gasteiger partial charge on any atom is 0.220 e. The van der Waals surface area contributed by atoms with Crippen LogP contribution in [0.25, 0.3) is 0 Å². The zero-order valence-corrected chi connectivity index (χ0v) is 13.6. The van der Waals surface area contributed by atoms with Crippen molar-refractivity contribution in [3.63, 3.8) is 0 Å². The van der Waals surface area contributed by atoms with E-state index in [9.17, 15) is 9.59 Å². The van der Waals surface area contributed by atoms with Crippen LogP contribution in [-0.2, 0) is 22.4 Å². The van der Waals surface area contributed by atoms with Crippen molar-refractivity contribution >= 4 is 11.8 Å². The molecule has 0 aromatic heterocycles. The summed E-state index contributed by atoms with van der Waals surface area (Å²) < 4.78 is 0. The fraction of sp³-hybridized carbons (Fsp3) is 0.556. The summed E-state index contributed by atoms with van der Waals surface area (Å²) in [7, 11) is 0. The first-order valence-electron chi connectivity index (χ1n) is 8.21. The Kier molecular flexibility index (Phi) is 5.99. The Morgan fingerprint density at radius 2 is 1.73 bits per heavy atom. The summed E-state index contributed by atoms with van der Waals surface area (Å²) in [5, 5.41) is 3.09. The number of piperidine rings is 1. The molecule has 1 aliphatic rings. The fourth-order valence-corrected chi connectivity index (χ4v) is 2.84. The molecule has 1 heterocycles. The van der Waals surface area contributed by atoms with E-state index in [4.69, 9.17) is 0 Å². The number of nitrogens with one attached hydrogen (secondary N) is 1. The van der Waals surface area contributed by atoms with Gasteiger partial charge in [-0.1, -0.05) is 31.2 Å². The normalized spacial score (nSPS) is 15.6. The van der Waals surface area contributed by atoms with Crippen molar-refractivity contribution < 1.29 is 9.59 Å². The van der Waals surface area contributed by atoms with Crippen LogP contribution < -0.4 is 5.32 Å². The molecule has 1 aliphatic heterocycles. The number of amides is 2. The summed E-state index contributed by atoms with van der Waals surface area (Å²) in [5.74, 6) is 0.237. The predicted octanol–water partition coefficient (Wildman–Crippen LogP) is 2.31. The number of likely N-dealkylation sites (tertiary alicyclic amines) is 1. The standard InChI is InChI=1S/C18H26N2O2/c1-3-15-4-6-16(7-5-15)8-9-18(22)19-17-10-12-20(13-11-17)14(2)21/h4-7,17H,3,8-13H2,1-2H3,(H,19,22). The third-order valence-electron chi connectivity index (χ3n) is 4.38. The largest absolute Gasteiger partial charge is 0.353 e. The molecule has 0 spiro atoms. The lowest BCUT2D eigenvalue weighted by Crippen LogP contribution is -2.46. The summed E-state index contributed by atoms with van der Waals surface area (Å²) in [5.41, 5.74) is 2.53. The molecule has 2 amide bonds. The molecule has 0 bridgehead atoms. The van der Waals surface area contributed by atoms with Gasteiger partial charge in [-0.05, 0) is 36.8 Å². The van der Waals surface area contributed by atoms with Gasteiger partial charge < -0.3 is 10.2 Å². The van der Waals surface area contributed by atoms with Gasteiger partial charge in [0.05, 0.1) is 0 Å². The molecule has 4 nitrogen and oxygen atoms in total. The molecule has 0 atom stereocenters. The topological polar surface area (TPSA) is 49.4 Å². The molecule has 22 heavy (non-hydrogen) atoms. The number of hydrogen-bond acceptors (Lipinski definition) is 2. The lowest BCUT2D eigenvalue weighted by molar-refractivity contribution is -0.130. The van der Waals surface area contributed by atoms with E-state index >= 15 is 0 Å². The summed E-state index contributed by atoms with van der Waals surface area (Å²) in [4.78, 5) is 25.1. The predicted molar refractivity (Wildman–Crippen MR) is 87.6 cm³/mol. The molecule has 1 aromatic rings. The molecule has 0 aliphatic carbocycles. The number of rotatable bonds is 5. The smallest absolute Gasteiger partial charge is 0.220 e. The SMILES string of the molecule is CCc1ccc(CCC(=O)NC2CCN(C(C)=O)CC2)cc1. The van der Waals surface area contributed by atoms with E-state index in [-0.39, 0.29) is 17.9 Å². The molecule has 0 radical (unpaired) electrons. The molecular weight excluding hydrogens is 276 g/mol. The second-order valence-electron chi connectivity index (χ2n) is 6.02. The molecule has 2 rings (SSSR count). The quantitative estimate of drug-likeness (QED) is 0.907. The first kappa shape index (κ1) is 16.5. The Morgan fingerprint density at radius 3 is 2.27 bits per heavy atom. The van der Waals surface area contributed by atoms with Crippen LogP contribution in [0.5, 0.6) is 0 Å². The van der Waals surface area contributed by atoms with Crippen molar-refractivity contribution in [2.45, 2.75) is 52.0 Å². The molecule has 120 valence electrons. The highest BCUT2D eigenvalue weighted by Crippen LogP contribution is 2.11. The van der Waals surface area contributed by atoms with E-state index in [1.54, 1.807) is 6.92 Å². The molecule has 1 aromatic carbocycles. The molecule has 1 saturated heterocycles. The Morgan fingerprint density at radius 1 is 1.14 bits per heavy atom. The van der Waals surface area contributed by atoms with Crippen LogP contribution in [0.3, 0.4) is 0 Å². The van der Waals surface area contributed by atoms with Gasteiger partial charge in [0.25, 0.3) is 0 Å². The van der Waals surface area contributed by atoms with Crippen LogP contribution in [0, 0.1) is 0 Å². The van der Waals surface area contributed by atoms with E-state index in [2.05, 4.69) is 36.5 Å². The molecule has 0 saturated carbocycles. The average Bonchev–Trinajstić information content (AvgIpc) is 2.54. The summed E-state index contributed by atoms with van der Waals surface area (Å²) >= 11 is 0. The lowest BCUT2D eigenvalue weighted by atomic mass is 10.0. The van der Waals surface area contributed by atoms with Crippen LogP contribution in [0.15, 0.2) is 24.3 Å². The average molecular weight is 302 g/mol. The molecule has 0 unspecified atom stereocenters. The summed E-state index contributed by atoms with van der Waals surface area (Å²) in [6.45, 7) is 5.24. The first-order valence-corrected chi connectivity index (χ1v) is 8.21. The van der Waals surface area contributed by atoms with Crippen molar-refractivity contribution in [3.05, 3.63) is 35.4 Å². The number of aryl methyl sites for hydroxylation is 2. The van der Waals surface area contributed by atoms with Crippen LogP contribution in [0.2, 0.25) is 0 Å². The monoisotopic (exact) mass is 302 g/mol. The number of hydrogen-bond donors (Lipinski definition) is 1. The van der Waals surface area contributed by atoms with E-state index in [1.165, 1.54) is 11.1 Å². The van der Waals surface area contributed by atoms with E-state index < -0.39 is 0 Å². The number of carbonyl (C=O) groups excluding carboxylic acids is 2. The van der Waals surface area contributed by atoms with Crippen molar-refractivity contribution in [2.75, 3.05) is 13.1 Å². The maximum absolute atomic E-state index is 12.0. The fourth-order valence-electron chi connectivity index (χ4n) is 2.84. The lowest BCUT2D eigenvalue weighted by Gasteiger charge is -2.31. The third kappa shape index (κ3) is 4.86. The van der Waals surface area contributed by atoms with Crippen LogP contribution in [0.1, 0.15) is 44.2 Å². The van der Waals surface area contributed by atoms with Crippen molar-refractivity contribution in [2.24, 2.45) is 0 Å². The minimum atomic E-state index is 0.112. The Bertz CT molecular complexity index is 502. The number of nitrogens with zero attached hydrogens (tertiary/aromatic N) is 1. The number of benzene rings is 1. The molecule has 1 N–H and O–H groups in total. The summed E-state index contributed by atoms with van der Waals surface area (Å²) in [6, 6.07) is 8.69. The van der Waals surface area contributed by atoms with Crippen molar-refractivity contribution in [1.29, 1.82) is 0 Å². The highest BCUT2D eigenvalue weighted by molar-refractivity contribution is 5.76. The highest BCUT2D eigenvalue weighted by Gasteiger charge is 2.21. The van der Waals surface area contributed by atoms with Gasteiger partial charge in [0.15, 0.2) is 0 Å². The maximum atomic E-state index is 12.0. The Balaban J connectivity index is 1.70. The van der Waals surface area contributed by atoms with Crippen molar-refractivity contribution in [3.8, 4) is 0 Å². The molecule has 4 heteroatoms. The van der Waals surface area contributed by atoms with Gasteiger partial charge in [-0.15, -0.1) is 0 Å². The second-order valence-corrected chi connectivity index (χ2v) is 6.02. The van der Waals surface area contributed by atoms with Gasteiger partial charge >= 0.3 is 0 Å². The van der Waals surface area contributed by atoms with E-state index in [1.807, 2.05) is 4.90 Å². The minimum Gasteiger partial charge on any atom is -0.353 e. The second kappa shape index (κ2) is 7.97.